The number of carbonyl (C=O) groups is 1. The molecule has 0 bridgehead atoms. The van der Waals surface area contributed by atoms with Crippen molar-refractivity contribution in [2.75, 3.05) is 13.1 Å². The summed E-state index contributed by atoms with van der Waals surface area (Å²) >= 11 is 0. The first-order valence-corrected chi connectivity index (χ1v) is 5.79. The van der Waals surface area contributed by atoms with Gasteiger partial charge in [-0.2, -0.15) is 0 Å². The number of amides is 1. The minimum atomic E-state index is 0.0628. The SMILES string of the molecule is CC(C)c1ncc(C(=O)N2CCCC2)cn1. The van der Waals surface area contributed by atoms with Gasteiger partial charge in [-0.25, -0.2) is 9.97 Å². The van der Waals surface area contributed by atoms with E-state index in [1.165, 1.54) is 0 Å². The summed E-state index contributed by atoms with van der Waals surface area (Å²) in [7, 11) is 0. The van der Waals surface area contributed by atoms with E-state index in [0.717, 1.165) is 31.8 Å². The van der Waals surface area contributed by atoms with Gasteiger partial charge in [0.05, 0.1) is 5.56 Å². The van der Waals surface area contributed by atoms with Crippen LogP contribution in [0.3, 0.4) is 0 Å². The minimum Gasteiger partial charge on any atom is -0.339 e. The molecule has 1 amide bonds. The van der Waals surface area contributed by atoms with Gasteiger partial charge in [-0.15, -0.1) is 0 Å². The number of carbonyl (C=O) groups excluding carboxylic acids is 1. The normalized spacial score (nSPS) is 15.8. The molecule has 0 saturated carbocycles. The van der Waals surface area contributed by atoms with E-state index in [0.29, 0.717) is 11.5 Å². The lowest BCUT2D eigenvalue weighted by atomic mass is 10.2. The Kier molecular flexibility index (Phi) is 3.17. The van der Waals surface area contributed by atoms with E-state index in [-0.39, 0.29) is 5.91 Å². The van der Waals surface area contributed by atoms with Crippen LogP contribution in [0.4, 0.5) is 0 Å². The Morgan fingerprint density at radius 1 is 1.25 bits per heavy atom. The summed E-state index contributed by atoms with van der Waals surface area (Å²) in [6.07, 6.45) is 5.50. The Morgan fingerprint density at radius 2 is 1.81 bits per heavy atom. The minimum absolute atomic E-state index is 0.0628. The zero-order valence-electron chi connectivity index (χ0n) is 9.81. The van der Waals surface area contributed by atoms with Crippen LogP contribution in [0.5, 0.6) is 0 Å². The number of aromatic nitrogens is 2. The zero-order chi connectivity index (χ0) is 11.5. The molecule has 16 heavy (non-hydrogen) atoms. The molecule has 86 valence electrons. The van der Waals surface area contributed by atoms with Crippen molar-refractivity contribution < 1.29 is 4.79 Å². The van der Waals surface area contributed by atoms with Crippen LogP contribution in [0.25, 0.3) is 0 Å². The smallest absolute Gasteiger partial charge is 0.256 e. The summed E-state index contributed by atoms with van der Waals surface area (Å²) in [6, 6.07) is 0. The lowest BCUT2D eigenvalue weighted by Gasteiger charge is -2.14. The van der Waals surface area contributed by atoms with Crippen LogP contribution < -0.4 is 0 Å². The first-order valence-electron chi connectivity index (χ1n) is 5.79. The van der Waals surface area contributed by atoms with E-state index in [1.807, 2.05) is 18.7 Å². The highest BCUT2D eigenvalue weighted by molar-refractivity contribution is 5.93. The van der Waals surface area contributed by atoms with Gasteiger partial charge in [-0.3, -0.25) is 4.79 Å². The average Bonchev–Trinajstić information content (AvgIpc) is 2.81. The Hall–Kier alpha value is -1.45. The Labute approximate surface area is 95.7 Å². The van der Waals surface area contributed by atoms with Crippen molar-refractivity contribution in [2.24, 2.45) is 0 Å². The van der Waals surface area contributed by atoms with Crippen LogP contribution in [-0.4, -0.2) is 33.9 Å². The fraction of sp³-hybridized carbons (Fsp3) is 0.583. The van der Waals surface area contributed by atoms with Gasteiger partial charge in [0.25, 0.3) is 5.91 Å². The standard InChI is InChI=1S/C12H17N3O/c1-9(2)11-13-7-10(8-14-11)12(16)15-5-3-4-6-15/h7-9H,3-6H2,1-2H3. The van der Waals surface area contributed by atoms with E-state index in [4.69, 9.17) is 0 Å². The van der Waals surface area contributed by atoms with Gasteiger partial charge in [-0.1, -0.05) is 13.8 Å². The van der Waals surface area contributed by atoms with Crippen LogP contribution in [0, 0.1) is 0 Å². The highest BCUT2D eigenvalue weighted by Crippen LogP contribution is 2.13. The molecule has 4 heteroatoms. The third kappa shape index (κ3) is 2.21. The number of likely N-dealkylation sites (tertiary alicyclic amines) is 1. The molecule has 1 fully saturated rings. The fourth-order valence-corrected chi connectivity index (χ4v) is 1.85. The molecule has 0 radical (unpaired) electrons. The fourth-order valence-electron chi connectivity index (χ4n) is 1.85. The van der Waals surface area contributed by atoms with E-state index in [2.05, 4.69) is 9.97 Å². The molecule has 0 N–H and O–H groups in total. The van der Waals surface area contributed by atoms with Gasteiger partial charge in [-0.05, 0) is 12.8 Å². The molecule has 0 aromatic carbocycles. The molecule has 1 aliphatic rings. The quantitative estimate of drug-likeness (QED) is 0.762. The van der Waals surface area contributed by atoms with Crippen LogP contribution in [-0.2, 0) is 0 Å². The Bertz CT molecular complexity index is 366. The lowest BCUT2D eigenvalue weighted by molar-refractivity contribution is 0.0792. The van der Waals surface area contributed by atoms with E-state index in [9.17, 15) is 4.79 Å². The molecule has 1 aromatic rings. The molecule has 1 aliphatic heterocycles. The molecule has 2 heterocycles. The summed E-state index contributed by atoms with van der Waals surface area (Å²) in [4.78, 5) is 22.3. The Morgan fingerprint density at radius 3 is 2.31 bits per heavy atom. The molecule has 1 aromatic heterocycles. The molecule has 2 rings (SSSR count). The maximum Gasteiger partial charge on any atom is 0.256 e. The average molecular weight is 219 g/mol. The van der Waals surface area contributed by atoms with Crippen LogP contribution >= 0.6 is 0 Å². The van der Waals surface area contributed by atoms with Crippen molar-refractivity contribution in [1.82, 2.24) is 14.9 Å². The third-order valence-corrected chi connectivity index (χ3v) is 2.83. The second-order valence-electron chi connectivity index (χ2n) is 4.48. The number of nitrogens with zero attached hydrogens (tertiary/aromatic N) is 3. The first kappa shape index (κ1) is 11.0. The summed E-state index contributed by atoms with van der Waals surface area (Å²) in [5.41, 5.74) is 0.603. The third-order valence-electron chi connectivity index (χ3n) is 2.83. The first-order chi connectivity index (χ1) is 7.68. The zero-order valence-corrected chi connectivity index (χ0v) is 9.81. The molecular formula is C12H17N3O. The molecule has 1 saturated heterocycles. The molecular weight excluding hydrogens is 202 g/mol. The van der Waals surface area contributed by atoms with Crippen molar-refractivity contribution in [3.8, 4) is 0 Å². The predicted octanol–water partition coefficient (Wildman–Crippen LogP) is 1.84. The maximum atomic E-state index is 12.0. The largest absolute Gasteiger partial charge is 0.339 e. The summed E-state index contributed by atoms with van der Waals surface area (Å²) < 4.78 is 0. The van der Waals surface area contributed by atoms with E-state index in [1.54, 1.807) is 12.4 Å². The number of hydrogen-bond donors (Lipinski definition) is 0. The number of hydrogen-bond acceptors (Lipinski definition) is 3. The van der Waals surface area contributed by atoms with E-state index < -0.39 is 0 Å². The summed E-state index contributed by atoms with van der Waals surface area (Å²) in [6.45, 7) is 5.81. The topological polar surface area (TPSA) is 46.1 Å². The molecule has 0 unspecified atom stereocenters. The van der Waals surface area contributed by atoms with Gasteiger partial charge in [0.1, 0.15) is 5.82 Å². The highest BCUT2D eigenvalue weighted by Gasteiger charge is 2.20. The van der Waals surface area contributed by atoms with Crippen molar-refractivity contribution in [2.45, 2.75) is 32.6 Å². The van der Waals surface area contributed by atoms with Gasteiger partial charge in [0, 0.05) is 31.4 Å². The van der Waals surface area contributed by atoms with Crippen LogP contribution in [0.15, 0.2) is 12.4 Å². The number of rotatable bonds is 2. The maximum absolute atomic E-state index is 12.0. The highest BCUT2D eigenvalue weighted by atomic mass is 16.2. The predicted molar refractivity (Wildman–Crippen MR) is 61.3 cm³/mol. The second kappa shape index (κ2) is 4.60. The molecule has 0 spiro atoms. The van der Waals surface area contributed by atoms with Gasteiger partial charge >= 0.3 is 0 Å². The van der Waals surface area contributed by atoms with Crippen LogP contribution in [0.1, 0.15) is 48.8 Å². The van der Waals surface area contributed by atoms with Crippen molar-refractivity contribution in [1.29, 1.82) is 0 Å². The van der Waals surface area contributed by atoms with Crippen LogP contribution in [0.2, 0.25) is 0 Å². The second-order valence-corrected chi connectivity index (χ2v) is 4.48. The van der Waals surface area contributed by atoms with Gasteiger partial charge in [0.15, 0.2) is 0 Å². The molecule has 4 nitrogen and oxygen atoms in total. The molecule has 0 aliphatic carbocycles. The summed E-state index contributed by atoms with van der Waals surface area (Å²) in [5.74, 6) is 1.15. The summed E-state index contributed by atoms with van der Waals surface area (Å²) in [5, 5.41) is 0. The van der Waals surface area contributed by atoms with E-state index >= 15 is 0 Å². The molecule has 0 atom stereocenters. The van der Waals surface area contributed by atoms with Crippen molar-refractivity contribution in [3.63, 3.8) is 0 Å². The van der Waals surface area contributed by atoms with Crippen molar-refractivity contribution in [3.05, 3.63) is 23.8 Å². The monoisotopic (exact) mass is 219 g/mol. The Balaban J connectivity index is 2.11. The van der Waals surface area contributed by atoms with Gasteiger partial charge < -0.3 is 4.90 Å². The van der Waals surface area contributed by atoms with Gasteiger partial charge in [0.2, 0.25) is 0 Å². The lowest BCUT2D eigenvalue weighted by Crippen LogP contribution is -2.27. The van der Waals surface area contributed by atoms with Crippen molar-refractivity contribution >= 4 is 5.91 Å².